The Morgan fingerprint density at radius 3 is 2.64 bits per heavy atom. The lowest BCUT2D eigenvalue weighted by Gasteiger charge is -2.03. The van der Waals surface area contributed by atoms with E-state index in [1.54, 1.807) is 6.07 Å². The Balaban J connectivity index is 3.97. The van der Waals surface area contributed by atoms with Crippen LogP contribution in [-0.4, -0.2) is 32.4 Å². The van der Waals surface area contributed by atoms with Gasteiger partial charge in [0.1, 0.15) is 5.75 Å². The number of nitrogens with zero attached hydrogens (tertiary/aromatic N) is 1. The molecule has 1 amide bonds. The topological polar surface area (TPSA) is 87.0 Å². The summed E-state index contributed by atoms with van der Waals surface area (Å²) in [6.07, 6.45) is 0.702. The highest BCUT2D eigenvalue weighted by atomic mass is 32.2. The van der Waals surface area contributed by atoms with Gasteiger partial charge in [0, 0.05) is 13.0 Å². The minimum absolute atomic E-state index is 0.0661. The zero-order chi connectivity index (χ0) is 11.0. The number of nitrogens with one attached hydrogen (secondary N) is 1. The maximum atomic E-state index is 11.2. The quantitative estimate of drug-likeness (QED) is 0.671. The fourth-order valence-electron chi connectivity index (χ4n) is 0.789. The van der Waals surface area contributed by atoms with E-state index in [0.717, 1.165) is 6.42 Å². The zero-order valence-electron chi connectivity index (χ0n) is 8.12. The molecule has 14 heavy (non-hydrogen) atoms. The molecule has 0 aliphatic carbocycles. The molecule has 0 aromatic rings. The lowest BCUT2D eigenvalue weighted by atomic mass is 10.5. The number of hydrogen-bond donors (Lipinski definition) is 1. The van der Waals surface area contributed by atoms with Crippen LogP contribution >= 0.6 is 0 Å². The smallest absolute Gasteiger partial charge is 0.235 e. The minimum Gasteiger partial charge on any atom is -0.355 e. The van der Waals surface area contributed by atoms with Crippen LogP contribution in [0.4, 0.5) is 0 Å². The third-order valence-electron chi connectivity index (χ3n) is 1.45. The highest BCUT2D eigenvalue weighted by Gasteiger charge is 2.15. The molecule has 5 nitrogen and oxygen atoms in total. The number of rotatable bonds is 6. The van der Waals surface area contributed by atoms with E-state index in [1.165, 1.54) is 0 Å². The monoisotopic (exact) mass is 218 g/mol. The van der Waals surface area contributed by atoms with Gasteiger partial charge in [0.2, 0.25) is 5.91 Å². The molecule has 0 saturated heterocycles. The molecule has 0 atom stereocenters. The van der Waals surface area contributed by atoms with E-state index in [-0.39, 0.29) is 12.2 Å². The predicted octanol–water partition coefficient (Wildman–Crippen LogP) is -0.159. The molecule has 0 aromatic heterocycles. The van der Waals surface area contributed by atoms with E-state index >= 15 is 0 Å². The van der Waals surface area contributed by atoms with E-state index in [4.69, 9.17) is 5.26 Å². The van der Waals surface area contributed by atoms with Gasteiger partial charge in [0.25, 0.3) is 0 Å². The summed E-state index contributed by atoms with van der Waals surface area (Å²) in [5, 5.41) is 10.7. The van der Waals surface area contributed by atoms with Crippen LogP contribution in [-0.2, 0) is 14.6 Å². The second-order valence-electron chi connectivity index (χ2n) is 2.85. The second kappa shape index (κ2) is 6.38. The maximum Gasteiger partial charge on any atom is 0.235 e. The van der Waals surface area contributed by atoms with Crippen LogP contribution in [0, 0.1) is 11.3 Å². The normalized spacial score (nSPS) is 10.6. The van der Waals surface area contributed by atoms with Gasteiger partial charge in [0.05, 0.1) is 11.8 Å². The number of carbonyl (C=O) groups is 1. The average Bonchev–Trinajstić information content (AvgIpc) is 2.11. The van der Waals surface area contributed by atoms with Crippen LogP contribution in [0.2, 0.25) is 0 Å². The molecule has 0 aliphatic heterocycles. The van der Waals surface area contributed by atoms with E-state index in [1.807, 2.05) is 6.92 Å². The molecule has 0 unspecified atom stereocenters. The third kappa shape index (κ3) is 6.43. The van der Waals surface area contributed by atoms with Gasteiger partial charge in [-0.15, -0.1) is 0 Å². The SMILES string of the molecule is CCCNC(=O)CS(=O)(=O)CCC#N. The van der Waals surface area contributed by atoms with Crippen molar-refractivity contribution in [3.8, 4) is 6.07 Å². The first-order chi connectivity index (χ1) is 6.52. The van der Waals surface area contributed by atoms with E-state index < -0.39 is 21.5 Å². The number of amides is 1. The molecule has 0 radical (unpaired) electrons. The summed E-state index contributed by atoms with van der Waals surface area (Å²) in [6.45, 7) is 2.36. The minimum atomic E-state index is -3.41. The predicted molar refractivity (Wildman–Crippen MR) is 52.2 cm³/mol. The van der Waals surface area contributed by atoms with Crippen molar-refractivity contribution >= 4 is 15.7 Å². The van der Waals surface area contributed by atoms with Crippen molar-refractivity contribution in [3.05, 3.63) is 0 Å². The summed E-state index contributed by atoms with van der Waals surface area (Å²) in [5.41, 5.74) is 0. The molecule has 6 heteroatoms. The largest absolute Gasteiger partial charge is 0.355 e. The Morgan fingerprint density at radius 1 is 1.50 bits per heavy atom. The van der Waals surface area contributed by atoms with Crippen LogP contribution in [0.5, 0.6) is 0 Å². The Hall–Kier alpha value is -1.09. The molecule has 0 aromatic carbocycles. The van der Waals surface area contributed by atoms with Crippen LogP contribution in [0.25, 0.3) is 0 Å². The third-order valence-corrected chi connectivity index (χ3v) is 2.98. The fraction of sp³-hybridized carbons (Fsp3) is 0.750. The van der Waals surface area contributed by atoms with Crippen molar-refractivity contribution in [1.82, 2.24) is 5.32 Å². The summed E-state index contributed by atoms with van der Waals surface area (Å²) in [6, 6.07) is 1.73. The maximum absolute atomic E-state index is 11.2. The van der Waals surface area contributed by atoms with Gasteiger partial charge >= 0.3 is 0 Å². The molecule has 0 saturated carbocycles. The van der Waals surface area contributed by atoms with Crippen LogP contribution in [0.15, 0.2) is 0 Å². The van der Waals surface area contributed by atoms with Gasteiger partial charge in [-0.1, -0.05) is 6.92 Å². The molecule has 0 bridgehead atoms. The fourth-order valence-corrected chi connectivity index (χ4v) is 1.84. The summed E-state index contributed by atoms with van der Waals surface area (Å²) in [4.78, 5) is 11.0. The molecule has 1 N–H and O–H groups in total. The molecular weight excluding hydrogens is 204 g/mol. The first-order valence-corrected chi connectivity index (χ1v) is 6.18. The molecule has 0 spiro atoms. The average molecular weight is 218 g/mol. The van der Waals surface area contributed by atoms with Gasteiger partial charge in [-0.25, -0.2) is 8.42 Å². The van der Waals surface area contributed by atoms with E-state index in [9.17, 15) is 13.2 Å². The van der Waals surface area contributed by atoms with Crippen LogP contribution < -0.4 is 5.32 Å². The number of carbonyl (C=O) groups excluding carboxylic acids is 1. The Morgan fingerprint density at radius 2 is 2.14 bits per heavy atom. The van der Waals surface area contributed by atoms with Crippen molar-refractivity contribution in [2.45, 2.75) is 19.8 Å². The van der Waals surface area contributed by atoms with Crippen molar-refractivity contribution in [2.24, 2.45) is 0 Å². The van der Waals surface area contributed by atoms with E-state index in [2.05, 4.69) is 5.32 Å². The Bertz CT molecular complexity index is 316. The van der Waals surface area contributed by atoms with Crippen molar-refractivity contribution in [1.29, 1.82) is 5.26 Å². The summed E-state index contributed by atoms with van der Waals surface area (Å²) < 4.78 is 22.3. The number of sulfone groups is 1. The first-order valence-electron chi connectivity index (χ1n) is 4.36. The number of hydrogen-bond acceptors (Lipinski definition) is 4. The van der Waals surface area contributed by atoms with Gasteiger partial charge < -0.3 is 5.32 Å². The van der Waals surface area contributed by atoms with Gasteiger partial charge in [-0.3, -0.25) is 4.79 Å². The Labute approximate surface area is 84.0 Å². The zero-order valence-corrected chi connectivity index (χ0v) is 8.93. The van der Waals surface area contributed by atoms with Crippen LogP contribution in [0.3, 0.4) is 0 Å². The standard InChI is InChI=1S/C8H14N2O3S/c1-2-5-10-8(11)7-14(12,13)6-3-4-9/h2-3,5-7H2,1H3,(H,10,11). The summed E-state index contributed by atoms with van der Waals surface area (Å²) in [7, 11) is -3.41. The molecule has 0 rings (SSSR count). The van der Waals surface area contributed by atoms with E-state index in [0.29, 0.717) is 6.54 Å². The summed E-state index contributed by atoms with van der Waals surface area (Å²) >= 11 is 0. The van der Waals surface area contributed by atoms with Gasteiger partial charge in [-0.05, 0) is 6.42 Å². The lowest BCUT2D eigenvalue weighted by molar-refractivity contribution is -0.118. The molecule has 0 aliphatic rings. The molecular formula is C8H14N2O3S. The van der Waals surface area contributed by atoms with Crippen molar-refractivity contribution < 1.29 is 13.2 Å². The molecule has 0 fully saturated rings. The number of nitriles is 1. The summed E-state index contributed by atoms with van der Waals surface area (Å²) in [5.74, 6) is -1.26. The molecule has 0 heterocycles. The van der Waals surface area contributed by atoms with Crippen molar-refractivity contribution in [2.75, 3.05) is 18.1 Å². The second-order valence-corrected chi connectivity index (χ2v) is 5.03. The van der Waals surface area contributed by atoms with Crippen molar-refractivity contribution in [3.63, 3.8) is 0 Å². The van der Waals surface area contributed by atoms with Gasteiger partial charge in [-0.2, -0.15) is 5.26 Å². The Kier molecular flexibility index (Phi) is 5.88. The highest BCUT2D eigenvalue weighted by molar-refractivity contribution is 7.92. The molecule has 80 valence electrons. The highest BCUT2D eigenvalue weighted by Crippen LogP contribution is 1.93. The van der Waals surface area contributed by atoms with Gasteiger partial charge in [0.15, 0.2) is 9.84 Å². The van der Waals surface area contributed by atoms with Crippen LogP contribution in [0.1, 0.15) is 19.8 Å². The first kappa shape index (κ1) is 12.9. The lowest BCUT2D eigenvalue weighted by Crippen LogP contribution is -2.31.